The number of anilines is 1. The van der Waals surface area contributed by atoms with Gasteiger partial charge in [0.1, 0.15) is 11.4 Å². The highest BCUT2D eigenvalue weighted by Crippen LogP contribution is 2.35. The second-order valence-electron chi connectivity index (χ2n) is 8.12. The van der Waals surface area contributed by atoms with Crippen molar-refractivity contribution in [3.63, 3.8) is 0 Å². The van der Waals surface area contributed by atoms with Gasteiger partial charge in [0, 0.05) is 6.20 Å². The largest absolute Gasteiger partial charge is 0.478 e. The van der Waals surface area contributed by atoms with Gasteiger partial charge in [-0.1, -0.05) is 80.3 Å². The molecule has 1 aliphatic carbocycles. The first-order valence-corrected chi connectivity index (χ1v) is 10.8. The van der Waals surface area contributed by atoms with Gasteiger partial charge < -0.3 is 10.4 Å². The Hall–Kier alpha value is -3.47. The normalized spacial score (nSPS) is 14.8. The van der Waals surface area contributed by atoms with Crippen molar-refractivity contribution < 1.29 is 14.7 Å². The maximum absolute atomic E-state index is 13.3. The van der Waals surface area contributed by atoms with Gasteiger partial charge in [-0.05, 0) is 41.2 Å². The van der Waals surface area contributed by atoms with E-state index in [1.165, 1.54) is 25.1 Å². The summed E-state index contributed by atoms with van der Waals surface area (Å²) in [4.78, 5) is 28.9. The summed E-state index contributed by atoms with van der Waals surface area (Å²) in [6, 6.07) is 21.2. The quantitative estimate of drug-likeness (QED) is 0.516. The van der Waals surface area contributed by atoms with Crippen molar-refractivity contribution >= 4 is 17.7 Å². The van der Waals surface area contributed by atoms with Crippen molar-refractivity contribution in [1.29, 1.82) is 0 Å². The van der Waals surface area contributed by atoms with Gasteiger partial charge in [0.05, 0.1) is 5.92 Å². The Morgan fingerprint density at radius 2 is 1.61 bits per heavy atom. The molecular formula is C26H26N2O3. The van der Waals surface area contributed by atoms with Crippen LogP contribution in [0.1, 0.15) is 53.9 Å². The van der Waals surface area contributed by atoms with Crippen LogP contribution >= 0.6 is 0 Å². The molecule has 1 unspecified atom stereocenters. The summed E-state index contributed by atoms with van der Waals surface area (Å²) < 4.78 is 0. The third kappa shape index (κ3) is 5.00. The Bertz CT molecular complexity index is 1040. The zero-order valence-electron chi connectivity index (χ0n) is 17.3. The molecule has 5 heteroatoms. The van der Waals surface area contributed by atoms with E-state index in [0.717, 1.165) is 36.0 Å². The van der Waals surface area contributed by atoms with Crippen molar-refractivity contribution in [3.8, 4) is 11.1 Å². The van der Waals surface area contributed by atoms with Crippen LogP contribution < -0.4 is 5.32 Å². The number of carbonyl (C=O) groups is 2. The number of nitrogens with zero attached hydrogens (tertiary/aromatic N) is 1. The molecule has 158 valence electrons. The van der Waals surface area contributed by atoms with Gasteiger partial charge in [-0.2, -0.15) is 0 Å². The highest BCUT2D eigenvalue weighted by atomic mass is 16.4. The lowest BCUT2D eigenvalue weighted by atomic mass is 9.86. The molecule has 2 N–H and O–H groups in total. The number of pyridine rings is 1. The fraction of sp³-hybridized carbons (Fsp3) is 0.269. The lowest BCUT2D eigenvalue weighted by Gasteiger charge is -2.21. The van der Waals surface area contributed by atoms with Crippen LogP contribution in [-0.2, 0) is 4.79 Å². The van der Waals surface area contributed by atoms with E-state index in [2.05, 4.69) is 22.4 Å². The van der Waals surface area contributed by atoms with Crippen LogP contribution in [-0.4, -0.2) is 22.0 Å². The minimum atomic E-state index is -1.11. The Kier molecular flexibility index (Phi) is 6.41. The minimum Gasteiger partial charge on any atom is -0.478 e. The van der Waals surface area contributed by atoms with E-state index < -0.39 is 5.97 Å². The second kappa shape index (κ2) is 9.56. The number of hydrogen-bond donors (Lipinski definition) is 2. The molecule has 0 saturated heterocycles. The zero-order chi connectivity index (χ0) is 21.6. The van der Waals surface area contributed by atoms with Gasteiger partial charge in [0.2, 0.25) is 5.91 Å². The van der Waals surface area contributed by atoms with Crippen molar-refractivity contribution in [2.75, 3.05) is 5.32 Å². The summed E-state index contributed by atoms with van der Waals surface area (Å²) in [5, 5.41) is 12.2. The topological polar surface area (TPSA) is 79.3 Å². The second-order valence-corrected chi connectivity index (χ2v) is 8.12. The fourth-order valence-corrected chi connectivity index (χ4v) is 4.39. The molecule has 0 aliphatic heterocycles. The third-order valence-corrected chi connectivity index (χ3v) is 6.06. The number of aromatic nitrogens is 1. The van der Waals surface area contributed by atoms with E-state index >= 15 is 0 Å². The van der Waals surface area contributed by atoms with Gasteiger partial charge in [-0.3, -0.25) is 4.79 Å². The predicted molar refractivity (Wildman–Crippen MR) is 121 cm³/mol. The monoisotopic (exact) mass is 414 g/mol. The maximum Gasteiger partial charge on any atom is 0.339 e. The lowest BCUT2D eigenvalue weighted by molar-refractivity contribution is -0.118. The predicted octanol–water partition coefficient (Wildman–Crippen LogP) is 5.75. The highest BCUT2D eigenvalue weighted by Gasteiger charge is 2.28. The van der Waals surface area contributed by atoms with E-state index in [1.54, 1.807) is 6.07 Å². The Morgan fingerprint density at radius 3 is 2.29 bits per heavy atom. The van der Waals surface area contributed by atoms with E-state index in [0.29, 0.717) is 5.92 Å². The van der Waals surface area contributed by atoms with E-state index in [-0.39, 0.29) is 23.2 Å². The van der Waals surface area contributed by atoms with Crippen LogP contribution in [0.5, 0.6) is 0 Å². The molecule has 1 heterocycles. The summed E-state index contributed by atoms with van der Waals surface area (Å²) in [5.41, 5.74) is 3.17. The maximum atomic E-state index is 13.3. The molecule has 1 fully saturated rings. The van der Waals surface area contributed by atoms with Crippen molar-refractivity contribution in [2.45, 2.75) is 38.0 Å². The lowest BCUT2D eigenvalue weighted by Crippen LogP contribution is -2.24. The van der Waals surface area contributed by atoms with Gasteiger partial charge in [0.15, 0.2) is 0 Å². The van der Waals surface area contributed by atoms with Crippen LogP contribution in [0.2, 0.25) is 0 Å². The molecule has 2 aromatic carbocycles. The zero-order valence-corrected chi connectivity index (χ0v) is 17.3. The molecule has 31 heavy (non-hydrogen) atoms. The third-order valence-electron chi connectivity index (χ3n) is 6.06. The number of amides is 1. The van der Waals surface area contributed by atoms with Crippen LogP contribution in [0.15, 0.2) is 72.9 Å². The average molecular weight is 415 g/mol. The van der Waals surface area contributed by atoms with Gasteiger partial charge >= 0.3 is 5.97 Å². The van der Waals surface area contributed by atoms with E-state index in [9.17, 15) is 14.7 Å². The minimum absolute atomic E-state index is 0.00473. The van der Waals surface area contributed by atoms with E-state index in [1.807, 2.05) is 42.5 Å². The first-order chi connectivity index (χ1) is 15.1. The first kappa shape index (κ1) is 20.8. The van der Waals surface area contributed by atoms with E-state index in [4.69, 9.17) is 0 Å². The smallest absolute Gasteiger partial charge is 0.339 e. The number of aromatic carboxylic acids is 1. The molecular weight excluding hydrogens is 388 g/mol. The molecule has 0 bridgehead atoms. The molecule has 1 atom stereocenters. The van der Waals surface area contributed by atoms with Crippen molar-refractivity contribution in [2.24, 2.45) is 5.92 Å². The van der Waals surface area contributed by atoms with Gasteiger partial charge in [-0.15, -0.1) is 0 Å². The van der Waals surface area contributed by atoms with Gasteiger partial charge in [0.25, 0.3) is 0 Å². The Morgan fingerprint density at radius 1 is 0.935 bits per heavy atom. The van der Waals surface area contributed by atoms with Crippen molar-refractivity contribution in [3.05, 3.63) is 84.1 Å². The van der Waals surface area contributed by atoms with Crippen LogP contribution in [0.25, 0.3) is 11.1 Å². The summed E-state index contributed by atoms with van der Waals surface area (Å²) >= 11 is 0. The Balaban J connectivity index is 1.60. The molecule has 4 rings (SSSR count). The molecule has 1 saturated carbocycles. The summed E-state index contributed by atoms with van der Waals surface area (Å²) in [7, 11) is 0. The number of benzene rings is 2. The Labute approximate surface area is 182 Å². The number of carboxylic acids is 1. The average Bonchev–Trinajstić information content (AvgIpc) is 3.32. The molecule has 1 aliphatic rings. The molecule has 3 aromatic rings. The molecule has 0 spiro atoms. The highest BCUT2D eigenvalue weighted by molar-refractivity contribution is 6.01. The standard InChI is InChI=1S/C26H26N2O3/c29-25(28-24-22(26(30)31)11-6-16-27-24)23(17-18-7-4-5-8-18)21-14-12-20(13-15-21)19-9-2-1-3-10-19/h1-3,6,9-16,18,23H,4-5,7-8,17H2,(H,30,31)(H,27,28,29). The van der Waals surface area contributed by atoms with Gasteiger partial charge in [-0.25, -0.2) is 9.78 Å². The van der Waals surface area contributed by atoms with Crippen LogP contribution in [0.3, 0.4) is 0 Å². The summed E-state index contributed by atoms with van der Waals surface area (Å²) in [5.74, 6) is -1.07. The fourth-order valence-electron chi connectivity index (χ4n) is 4.39. The summed E-state index contributed by atoms with van der Waals surface area (Å²) in [6.45, 7) is 0. The molecule has 1 aromatic heterocycles. The van der Waals surface area contributed by atoms with Crippen molar-refractivity contribution in [1.82, 2.24) is 4.98 Å². The van der Waals surface area contributed by atoms with Crippen LogP contribution in [0, 0.1) is 5.92 Å². The first-order valence-electron chi connectivity index (χ1n) is 10.8. The molecule has 1 amide bonds. The molecule has 5 nitrogen and oxygen atoms in total. The van der Waals surface area contributed by atoms with Crippen LogP contribution in [0.4, 0.5) is 5.82 Å². The summed E-state index contributed by atoms with van der Waals surface area (Å²) in [6.07, 6.45) is 6.92. The number of carbonyl (C=O) groups excluding carboxylic acids is 1. The number of carboxylic acid groups (broad SMARTS) is 1. The number of nitrogens with one attached hydrogen (secondary N) is 1. The molecule has 0 radical (unpaired) electrons. The number of hydrogen-bond acceptors (Lipinski definition) is 3. The number of rotatable bonds is 7. The SMILES string of the molecule is O=C(O)c1cccnc1NC(=O)C(CC1CCCC1)c1ccc(-c2ccccc2)cc1.